The van der Waals surface area contributed by atoms with Crippen molar-refractivity contribution in [3.05, 3.63) is 48.7 Å². The molecular weight excluding hydrogens is 398 g/mol. The fourth-order valence-corrected chi connectivity index (χ4v) is 4.49. The van der Waals surface area contributed by atoms with Gasteiger partial charge in [0.25, 0.3) is 0 Å². The highest BCUT2D eigenvalue weighted by molar-refractivity contribution is 7.99. The first-order valence-corrected chi connectivity index (χ1v) is 11.1. The highest BCUT2D eigenvalue weighted by Gasteiger charge is 2.23. The number of methoxy groups -OCH3 is 1. The van der Waals surface area contributed by atoms with Crippen molar-refractivity contribution in [2.24, 2.45) is 5.92 Å². The molecular formula is C22H25N5O2S. The summed E-state index contributed by atoms with van der Waals surface area (Å²) in [6.45, 7) is 3.87. The van der Waals surface area contributed by atoms with Crippen molar-refractivity contribution < 1.29 is 9.53 Å². The van der Waals surface area contributed by atoms with Gasteiger partial charge in [0.05, 0.1) is 18.6 Å². The smallest absolute Gasteiger partial charge is 0.233 e. The van der Waals surface area contributed by atoms with Crippen LogP contribution in [0.15, 0.2) is 53.8 Å². The molecule has 0 spiro atoms. The number of piperidine rings is 1. The van der Waals surface area contributed by atoms with Crippen LogP contribution in [0, 0.1) is 5.92 Å². The van der Waals surface area contributed by atoms with Crippen LogP contribution in [0.4, 0.5) is 0 Å². The van der Waals surface area contributed by atoms with E-state index in [1.807, 2.05) is 51.9 Å². The van der Waals surface area contributed by atoms with E-state index in [2.05, 4.69) is 22.1 Å². The van der Waals surface area contributed by atoms with Gasteiger partial charge < -0.3 is 9.64 Å². The van der Waals surface area contributed by atoms with Gasteiger partial charge in [0.1, 0.15) is 11.4 Å². The minimum absolute atomic E-state index is 0.145. The molecule has 30 heavy (non-hydrogen) atoms. The molecule has 156 valence electrons. The van der Waals surface area contributed by atoms with E-state index in [9.17, 15) is 4.79 Å². The molecule has 0 radical (unpaired) electrons. The SMILES string of the molecule is COc1cccc(-n2c(SCC(=O)N3CCC[C@@H](C)C3)nnc2-c2ccccn2)c1. The third kappa shape index (κ3) is 4.48. The van der Waals surface area contributed by atoms with Gasteiger partial charge in [-0.3, -0.25) is 14.3 Å². The van der Waals surface area contributed by atoms with Gasteiger partial charge in [-0.15, -0.1) is 10.2 Å². The molecule has 7 nitrogen and oxygen atoms in total. The van der Waals surface area contributed by atoms with E-state index in [1.54, 1.807) is 13.3 Å². The zero-order chi connectivity index (χ0) is 20.9. The Labute approximate surface area is 180 Å². The van der Waals surface area contributed by atoms with Gasteiger partial charge in [-0.05, 0) is 43.0 Å². The van der Waals surface area contributed by atoms with Crippen LogP contribution in [0.5, 0.6) is 5.75 Å². The number of ether oxygens (including phenoxy) is 1. The lowest BCUT2D eigenvalue weighted by atomic mass is 10.0. The summed E-state index contributed by atoms with van der Waals surface area (Å²) in [5.41, 5.74) is 1.58. The summed E-state index contributed by atoms with van der Waals surface area (Å²) in [5.74, 6) is 2.40. The van der Waals surface area contributed by atoms with E-state index in [4.69, 9.17) is 4.74 Å². The third-order valence-corrected chi connectivity index (χ3v) is 6.09. The van der Waals surface area contributed by atoms with Crippen LogP contribution in [-0.4, -0.2) is 56.5 Å². The molecule has 8 heteroatoms. The molecule has 4 rings (SSSR count). The van der Waals surface area contributed by atoms with Gasteiger partial charge in [-0.25, -0.2) is 0 Å². The quantitative estimate of drug-likeness (QED) is 0.563. The second-order valence-corrected chi connectivity index (χ2v) is 8.38. The second kappa shape index (κ2) is 9.30. The van der Waals surface area contributed by atoms with Crippen LogP contribution < -0.4 is 4.74 Å². The summed E-state index contributed by atoms with van der Waals surface area (Å²) in [6, 6.07) is 13.4. The average molecular weight is 424 g/mol. The molecule has 2 aromatic heterocycles. The van der Waals surface area contributed by atoms with Crippen molar-refractivity contribution in [1.29, 1.82) is 0 Å². The standard InChI is InChI=1S/C22H25N5O2S/c1-16-7-6-12-26(14-16)20(28)15-30-22-25-24-21(19-10-3-4-11-23-19)27(22)17-8-5-9-18(13-17)29-2/h3-5,8-11,13,16H,6-7,12,14-15H2,1-2H3/t16-/m1/s1. The Hall–Kier alpha value is -2.87. The fraction of sp³-hybridized carbons (Fsp3) is 0.364. The number of carbonyl (C=O) groups excluding carboxylic acids is 1. The zero-order valence-corrected chi connectivity index (χ0v) is 18.0. The highest BCUT2D eigenvalue weighted by Crippen LogP contribution is 2.29. The number of thioether (sulfide) groups is 1. The number of nitrogens with zero attached hydrogens (tertiary/aromatic N) is 5. The number of benzene rings is 1. The van der Waals surface area contributed by atoms with E-state index in [-0.39, 0.29) is 5.91 Å². The summed E-state index contributed by atoms with van der Waals surface area (Å²) >= 11 is 1.40. The third-order valence-electron chi connectivity index (χ3n) is 5.17. The molecule has 3 aromatic rings. The molecule has 3 heterocycles. The maximum absolute atomic E-state index is 12.8. The largest absolute Gasteiger partial charge is 0.497 e. The Kier molecular flexibility index (Phi) is 6.32. The van der Waals surface area contributed by atoms with Crippen LogP contribution in [0.2, 0.25) is 0 Å². The number of rotatable bonds is 6. The van der Waals surface area contributed by atoms with Crippen molar-refractivity contribution in [3.63, 3.8) is 0 Å². The van der Waals surface area contributed by atoms with Crippen LogP contribution in [0.1, 0.15) is 19.8 Å². The number of hydrogen-bond donors (Lipinski definition) is 0. The average Bonchev–Trinajstić information content (AvgIpc) is 3.22. The monoisotopic (exact) mass is 423 g/mol. The van der Waals surface area contributed by atoms with Gasteiger partial charge in [0.15, 0.2) is 11.0 Å². The topological polar surface area (TPSA) is 73.1 Å². The van der Waals surface area contributed by atoms with Crippen LogP contribution >= 0.6 is 11.8 Å². The van der Waals surface area contributed by atoms with Gasteiger partial charge >= 0.3 is 0 Å². The highest BCUT2D eigenvalue weighted by atomic mass is 32.2. The van der Waals surface area contributed by atoms with E-state index in [0.717, 1.165) is 36.6 Å². The van der Waals surface area contributed by atoms with Crippen molar-refractivity contribution in [3.8, 4) is 23.0 Å². The molecule has 0 N–H and O–H groups in total. The van der Waals surface area contributed by atoms with Crippen LogP contribution in [0.25, 0.3) is 17.2 Å². The van der Waals surface area contributed by atoms with Crippen LogP contribution in [-0.2, 0) is 4.79 Å². The molecule has 1 amide bonds. The number of hydrogen-bond acceptors (Lipinski definition) is 6. The maximum Gasteiger partial charge on any atom is 0.233 e. The van der Waals surface area contributed by atoms with Gasteiger partial charge in [0, 0.05) is 25.4 Å². The summed E-state index contributed by atoms with van der Waals surface area (Å²) in [5, 5.41) is 9.42. The minimum Gasteiger partial charge on any atom is -0.497 e. The molecule has 1 aromatic carbocycles. The fourth-order valence-electron chi connectivity index (χ4n) is 3.64. The molecule has 1 saturated heterocycles. The lowest BCUT2D eigenvalue weighted by Gasteiger charge is -2.30. The van der Waals surface area contributed by atoms with Gasteiger partial charge in [0.2, 0.25) is 5.91 Å². The Morgan fingerprint density at radius 1 is 1.23 bits per heavy atom. The number of amides is 1. The van der Waals surface area contributed by atoms with E-state index >= 15 is 0 Å². The number of likely N-dealkylation sites (tertiary alicyclic amines) is 1. The van der Waals surface area contributed by atoms with Crippen molar-refractivity contribution in [1.82, 2.24) is 24.6 Å². The van der Waals surface area contributed by atoms with Gasteiger partial charge in [-0.1, -0.05) is 30.8 Å². The minimum atomic E-state index is 0.145. The van der Waals surface area contributed by atoms with Crippen molar-refractivity contribution in [2.45, 2.75) is 24.9 Å². The predicted molar refractivity (Wildman–Crippen MR) is 117 cm³/mol. The summed E-state index contributed by atoms with van der Waals surface area (Å²) in [6.07, 6.45) is 3.99. The molecule has 1 aliphatic rings. The zero-order valence-electron chi connectivity index (χ0n) is 17.2. The Morgan fingerprint density at radius 3 is 2.90 bits per heavy atom. The first kappa shape index (κ1) is 20.4. The first-order valence-electron chi connectivity index (χ1n) is 10.1. The lowest BCUT2D eigenvalue weighted by Crippen LogP contribution is -2.40. The van der Waals surface area contributed by atoms with E-state index in [0.29, 0.717) is 22.7 Å². The molecule has 1 fully saturated rings. The number of carbonyl (C=O) groups is 1. The Balaban J connectivity index is 1.63. The number of pyridine rings is 1. The normalized spacial score (nSPS) is 16.5. The van der Waals surface area contributed by atoms with Crippen LogP contribution in [0.3, 0.4) is 0 Å². The number of aromatic nitrogens is 4. The molecule has 0 saturated carbocycles. The molecule has 0 unspecified atom stereocenters. The predicted octanol–water partition coefficient (Wildman–Crippen LogP) is 3.69. The second-order valence-electron chi connectivity index (χ2n) is 7.43. The molecule has 0 aliphatic carbocycles. The molecule has 1 aliphatic heterocycles. The Bertz CT molecular complexity index is 1010. The summed E-state index contributed by atoms with van der Waals surface area (Å²) in [7, 11) is 1.64. The molecule has 0 bridgehead atoms. The maximum atomic E-state index is 12.8. The van der Waals surface area contributed by atoms with Crippen molar-refractivity contribution >= 4 is 17.7 Å². The summed E-state index contributed by atoms with van der Waals surface area (Å²) < 4.78 is 7.32. The lowest BCUT2D eigenvalue weighted by molar-refractivity contribution is -0.130. The van der Waals surface area contributed by atoms with E-state index < -0.39 is 0 Å². The van der Waals surface area contributed by atoms with Crippen molar-refractivity contribution in [2.75, 3.05) is 26.0 Å². The van der Waals surface area contributed by atoms with E-state index in [1.165, 1.54) is 18.2 Å². The first-order chi connectivity index (χ1) is 14.7. The molecule has 1 atom stereocenters. The summed E-state index contributed by atoms with van der Waals surface area (Å²) in [4.78, 5) is 19.2. The Morgan fingerprint density at radius 2 is 2.13 bits per heavy atom. The van der Waals surface area contributed by atoms with Gasteiger partial charge in [-0.2, -0.15) is 0 Å².